The van der Waals surface area contributed by atoms with E-state index in [4.69, 9.17) is 11.6 Å². The van der Waals surface area contributed by atoms with E-state index in [1.54, 1.807) is 6.08 Å². The smallest absolute Gasteiger partial charge is 0.343 e. The van der Waals surface area contributed by atoms with Crippen LogP contribution in [0.5, 0.6) is 0 Å². The summed E-state index contributed by atoms with van der Waals surface area (Å²) in [4.78, 5) is 15.2. The fraction of sp³-hybridized carbons (Fsp3) is 0.333. The molecular weight excluding hydrogens is 196 g/mol. The van der Waals surface area contributed by atoms with Crippen LogP contribution >= 0.6 is 0 Å². The number of rotatable bonds is 2. The number of hydrazine groups is 1. The van der Waals surface area contributed by atoms with Crippen molar-refractivity contribution in [3.8, 4) is 0 Å². The van der Waals surface area contributed by atoms with Crippen molar-refractivity contribution >= 4 is 12.2 Å². The minimum atomic E-state index is -0.553. The van der Waals surface area contributed by atoms with Gasteiger partial charge < -0.3 is 10.5 Å². The number of nitrogens with zero attached hydrogens (tertiary/aromatic N) is 2. The van der Waals surface area contributed by atoms with Crippen LogP contribution in [0.3, 0.4) is 0 Å². The molecule has 1 aliphatic heterocycles. The highest BCUT2D eigenvalue weighted by molar-refractivity contribution is 6.10. The van der Waals surface area contributed by atoms with Crippen molar-refractivity contribution in [3.63, 3.8) is 0 Å². The zero-order valence-corrected chi connectivity index (χ0v) is 8.73. The maximum Gasteiger partial charge on any atom is 0.343 e. The molecule has 0 aromatic rings. The Morgan fingerprint density at radius 3 is 2.93 bits per heavy atom. The lowest BCUT2D eigenvalue weighted by atomic mass is 10.2. The Morgan fingerprint density at radius 2 is 2.40 bits per heavy atom. The minimum absolute atomic E-state index is 0.136. The molecule has 82 valence electrons. The molecule has 1 heterocycles. The highest BCUT2D eigenvalue weighted by Crippen LogP contribution is 2.15. The van der Waals surface area contributed by atoms with Crippen LogP contribution in [-0.2, 0) is 9.53 Å². The molecule has 6 heteroatoms. The third-order valence-electron chi connectivity index (χ3n) is 1.90. The first-order chi connectivity index (χ1) is 7.11. The average Bonchev–Trinajstić information content (AvgIpc) is 2.24. The molecule has 4 N–H and O–H groups in total. The molecule has 1 rings (SSSR count). The molecule has 0 unspecified atom stereocenters. The Balaban J connectivity index is 3.02. The van der Waals surface area contributed by atoms with Crippen molar-refractivity contribution in [2.24, 2.45) is 16.6 Å². The topological polar surface area (TPSA) is 93.9 Å². The van der Waals surface area contributed by atoms with Crippen molar-refractivity contribution in [2.45, 2.75) is 13.3 Å². The van der Waals surface area contributed by atoms with Gasteiger partial charge >= 0.3 is 5.97 Å². The molecule has 1 aliphatic rings. The first-order valence-electron chi connectivity index (χ1n) is 4.49. The Bertz CT molecular complexity index is 357. The van der Waals surface area contributed by atoms with E-state index < -0.39 is 5.97 Å². The lowest BCUT2D eigenvalue weighted by molar-refractivity contribution is -0.135. The summed E-state index contributed by atoms with van der Waals surface area (Å²) in [6, 6.07) is 0. The lowest BCUT2D eigenvalue weighted by Gasteiger charge is -2.23. The van der Waals surface area contributed by atoms with Crippen LogP contribution < -0.4 is 11.6 Å². The van der Waals surface area contributed by atoms with Gasteiger partial charge in [0.05, 0.1) is 7.11 Å². The van der Waals surface area contributed by atoms with Gasteiger partial charge in [0.15, 0.2) is 0 Å². The standard InChI is InChI=1S/C9H14N4O2/c1-3-4-7-12-5-6(9(14)15-2)8(10)13(7)11/h4-5H,3,10-11H2,1-2H3/b7-4-. The molecule has 0 amide bonds. The molecule has 0 saturated carbocycles. The molecule has 0 bridgehead atoms. The second kappa shape index (κ2) is 4.61. The van der Waals surface area contributed by atoms with Crippen LogP contribution in [-0.4, -0.2) is 24.3 Å². The third kappa shape index (κ3) is 2.16. The normalized spacial score (nSPS) is 18.6. The Labute approximate surface area is 87.9 Å². The lowest BCUT2D eigenvalue weighted by Crippen LogP contribution is -2.38. The summed E-state index contributed by atoms with van der Waals surface area (Å²) < 4.78 is 4.53. The van der Waals surface area contributed by atoms with Gasteiger partial charge in [-0.05, 0) is 12.5 Å². The number of aliphatic imine (C=N–C) groups is 1. The van der Waals surface area contributed by atoms with Crippen molar-refractivity contribution in [1.82, 2.24) is 5.01 Å². The monoisotopic (exact) mass is 210 g/mol. The van der Waals surface area contributed by atoms with E-state index in [9.17, 15) is 4.79 Å². The summed E-state index contributed by atoms with van der Waals surface area (Å²) in [6.45, 7) is 1.95. The Kier molecular flexibility index (Phi) is 3.46. The zero-order chi connectivity index (χ0) is 11.4. The van der Waals surface area contributed by atoms with Crippen LogP contribution in [0, 0.1) is 0 Å². The van der Waals surface area contributed by atoms with Gasteiger partial charge in [0.2, 0.25) is 0 Å². The number of carbonyl (C=O) groups is 1. The van der Waals surface area contributed by atoms with Gasteiger partial charge in [-0.3, -0.25) is 0 Å². The van der Waals surface area contributed by atoms with E-state index >= 15 is 0 Å². The highest BCUT2D eigenvalue weighted by Gasteiger charge is 2.21. The van der Waals surface area contributed by atoms with Crippen LogP contribution in [0.4, 0.5) is 0 Å². The predicted octanol–water partition coefficient (Wildman–Crippen LogP) is -0.159. The van der Waals surface area contributed by atoms with Gasteiger partial charge in [-0.1, -0.05) is 6.92 Å². The van der Waals surface area contributed by atoms with Gasteiger partial charge in [-0.25, -0.2) is 20.6 Å². The molecule has 0 spiro atoms. The van der Waals surface area contributed by atoms with Crippen molar-refractivity contribution < 1.29 is 9.53 Å². The molecule has 0 fully saturated rings. The molecule has 0 atom stereocenters. The van der Waals surface area contributed by atoms with Crippen LogP contribution in [0.2, 0.25) is 0 Å². The average molecular weight is 210 g/mol. The van der Waals surface area contributed by atoms with E-state index in [1.807, 2.05) is 6.92 Å². The molecule has 6 nitrogen and oxygen atoms in total. The van der Waals surface area contributed by atoms with Crippen molar-refractivity contribution in [1.29, 1.82) is 0 Å². The summed E-state index contributed by atoms with van der Waals surface area (Å²) in [7, 11) is 1.27. The first-order valence-corrected chi connectivity index (χ1v) is 4.49. The summed E-state index contributed by atoms with van der Waals surface area (Å²) in [6.07, 6.45) is 3.94. The van der Waals surface area contributed by atoms with Crippen molar-refractivity contribution in [3.05, 3.63) is 23.3 Å². The Hall–Kier alpha value is -1.82. The SMILES string of the molecule is CC/C=C1/N=CC(C(=O)OC)=C(N)N1N. The van der Waals surface area contributed by atoms with Crippen LogP contribution in [0.15, 0.2) is 28.3 Å². The molecule has 0 aromatic carbocycles. The number of ether oxygens (including phenoxy) is 1. The van der Waals surface area contributed by atoms with Crippen LogP contribution in [0.25, 0.3) is 0 Å². The maximum absolute atomic E-state index is 11.2. The minimum Gasteiger partial charge on any atom is -0.465 e. The summed E-state index contributed by atoms with van der Waals surface area (Å²) in [5.74, 6) is 5.75. The van der Waals surface area contributed by atoms with Gasteiger partial charge in [-0.15, -0.1) is 0 Å². The number of nitrogens with two attached hydrogens (primary N) is 2. The van der Waals surface area contributed by atoms with Crippen LogP contribution in [0.1, 0.15) is 13.3 Å². The summed E-state index contributed by atoms with van der Waals surface area (Å²) in [5.41, 5.74) is 5.83. The summed E-state index contributed by atoms with van der Waals surface area (Å²) in [5, 5.41) is 1.16. The third-order valence-corrected chi connectivity index (χ3v) is 1.90. The van der Waals surface area contributed by atoms with Gasteiger partial charge in [-0.2, -0.15) is 0 Å². The quantitative estimate of drug-likeness (QED) is 0.488. The highest BCUT2D eigenvalue weighted by atomic mass is 16.5. The number of esters is 1. The molecular formula is C9H14N4O2. The molecule has 0 radical (unpaired) electrons. The molecule has 0 aliphatic carbocycles. The fourth-order valence-corrected chi connectivity index (χ4v) is 1.11. The van der Waals surface area contributed by atoms with Gasteiger partial charge in [0.25, 0.3) is 0 Å². The van der Waals surface area contributed by atoms with Gasteiger partial charge in [0, 0.05) is 6.21 Å². The first kappa shape index (κ1) is 11.3. The number of hydrogen-bond donors (Lipinski definition) is 2. The number of carbonyl (C=O) groups excluding carboxylic acids is 1. The molecule has 15 heavy (non-hydrogen) atoms. The largest absolute Gasteiger partial charge is 0.465 e. The number of allylic oxidation sites excluding steroid dienone is 1. The van der Waals surface area contributed by atoms with E-state index in [1.165, 1.54) is 13.3 Å². The molecule has 0 saturated heterocycles. The van der Waals surface area contributed by atoms with E-state index in [0.717, 1.165) is 11.4 Å². The molecule has 0 aromatic heterocycles. The van der Waals surface area contributed by atoms with E-state index in [0.29, 0.717) is 5.82 Å². The Morgan fingerprint density at radius 1 is 1.73 bits per heavy atom. The fourth-order valence-electron chi connectivity index (χ4n) is 1.11. The van der Waals surface area contributed by atoms with Crippen molar-refractivity contribution in [2.75, 3.05) is 7.11 Å². The number of hydrogen-bond acceptors (Lipinski definition) is 6. The maximum atomic E-state index is 11.2. The van der Waals surface area contributed by atoms with E-state index in [-0.39, 0.29) is 11.4 Å². The van der Waals surface area contributed by atoms with Gasteiger partial charge in [0.1, 0.15) is 17.2 Å². The van der Waals surface area contributed by atoms with E-state index in [2.05, 4.69) is 9.73 Å². The second-order valence-electron chi connectivity index (χ2n) is 2.89. The summed E-state index contributed by atoms with van der Waals surface area (Å²) >= 11 is 0. The number of methoxy groups -OCH3 is 1. The second-order valence-corrected chi connectivity index (χ2v) is 2.89. The zero-order valence-electron chi connectivity index (χ0n) is 8.73. The predicted molar refractivity (Wildman–Crippen MR) is 56.1 cm³/mol.